The number of fused-ring (bicyclic) bond motifs is 3. The van der Waals surface area contributed by atoms with Gasteiger partial charge in [-0.25, -0.2) is 0 Å². The molecule has 112 valence electrons. The van der Waals surface area contributed by atoms with Crippen LogP contribution in [0, 0.1) is 0 Å². The molecular weight excluding hydrogens is 292 g/mol. The number of nitrogens with one attached hydrogen (secondary N) is 1. The Labute approximate surface area is 134 Å². The zero-order valence-corrected chi connectivity index (χ0v) is 13.5. The van der Waals surface area contributed by atoms with Gasteiger partial charge in [-0.1, -0.05) is 38.1 Å². The van der Waals surface area contributed by atoms with Gasteiger partial charge in [-0.05, 0) is 35.2 Å². The van der Waals surface area contributed by atoms with Crippen molar-refractivity contribution >= 4 is 29.0 Å². The van der Waals surface area contributed by atoms with Crippen LogP contribution in [0.2, 0.25) is 0 Å². The van der Waals surface area contributed by atoms with E-state index in [2.05, 4.69) is 65.9 Å². The Morgan fingerprint density at radius 1 is 1.23 bits per heavy atom. The third-order valence-corrected chi connectivity index (χ3v) is 5.75. The van der Waals surface area contributed by atoms with Crippen molar-refractivity contribution in [1.82, 2.24) is 5.32 Å². The summed E-state index contributed by atoms with van der Waals surface area (Å²) in [6.45, 7) is 4.82. The van der Waals surface area contributed by atoms with E-state index in [1.54, 1.807) is 11.3 Å². The Hall–Kier alpha value is -2.07. The van der Waals surface area contributed by atoms with E-state index in [1.807, 2.05) is 12.1 Å². The largest absolute Gasteiger partial charge is 0.335 e. The average molecular weight is 310 g/mol. The number of hydrogen-bond donors (Lipinski definition) is 1. The van der Waals surface area contributed by atoms with Crippen molar-refractivity contribution in [2.45, 2.75) is 24.9 Å². The monoisotopic (exact) mass is 310 g/mol. The Bertz CT molecular complexity index is 763. The quantitative estimate of drug-likeness (QED) is 0.922. The summed E-state index contributed by atoms with van der Waals surface area (Å²) in [6.07, 6.45) is 4.28. The first-order valence-electron chi connectivity index (χ1n) is 7.45. The first kappa shape index (κ1) is 13.6. The summed E-state index contributed by atoms with van der Waals surface area (Å²) >= 11 is 1.70. The molecule has 22 heavy (non-hydrogen) atoms. The van der Waals surface area contributed by atoms with Crippen LogP contribution >= 0.6 is 11.3 Å². The van der Waals surface area contributed by atoms with Gasteiger partial charge in [-0.3, -0.25) is 4.79 Å². The lowest BCUT2D eigenvalue weighted by atomic mass is 9.75. The average Bonchev–Trinajstić information content (AvgIpc) is 3.16. The van der Waals surface area contributed by atoms with Crippen molar-refractivity contribution in [3.63, 3.8) is 0 Å². The number of carbonyl (C=O) groups is 1. The minimum absolute atomic E-state index is 0.0819. The number of benzene rings is 1. The van der Waals surface area contributed by atoms with Crippen LogP contribution in [0.3, 0.4) is 0 Å². The molecule has 2 aromatic rings. The summed E-state index contributed by atoms with van der Waals surface area (Å²) in [6, 6.07) is 12.5. The fraction of sp³-hybridized carbons (Fsp3) is 0.278. The molecule has 3 nitrogen and oxygen atoms in total. The van der Waals surface area contributed by atoms with Gasteiger partial charge >= 0.3 is 0 Å². The van der Waals surface area contributed by atoms with E-state index in [1.165, 1.54) is 10.4 Å². The standard InChI is InChI=1S/C18H18N2OS/c1-17(2)14-7-3-4-8-15(14)20-12-16(21)19-18(17,20)10-9-13-6-5-11-22-13/h3-11H,12H2,1-2H3,(H,19,21)/b10-9+. The lowest BCUT2D eigenvalue weighted by Crippen LogP contribution is -2.58. The molecule has 1 N–H and O–H groups in total. The van der Waals surface area contributed by atoms with Gasteiger partial charge < -0.3 is 10.2 Å². The van der Waals surface area contributed by atoms with Gasteiger partial charge in [0.1, 0.15) is 5.66 Å². The Kier molecular flexibility index (Phi) is 2.76. The smallest absolute Gasteiger partial charge is 0.241 e. The fourth-order valence-corrected chi connectivity index (χ4v) is 4.35. The summed E-state index contributed by atoms with van der Waals surface area (Å²) in [5.41, 5.74) is 1.76. The van der Waals surface area contributed by atoms with E-state index >= 15 is 0 Å². The molecule has 1 atom stereocenters. The van der Waals surface area contributed by atoms with E-state index in [4.69, 9.17) is 0 Å². The van der Waals surface area contributed by atoms with Gasteiger partial charge in [0, 0.05) is 16.0 Å². The summed E-state index contributed by atoms with van der Waals surface area (Å²) < 4.78 is 0. The zero-order chi connectivity index (χ0) is 15.4. The van der Waals surface area contributed by atoms with E-state index in [-0.39, 0.29) is 11.3 Å². The topological polar surface area (TPSA) is 32.3 Å². The maximum atomic E-state index is 12.1. The molecule has 2 aliphatic heterocycles. The molecule has 0 radical (unpaired) electrons. The highest BCUT2D eigenvalue weighted by molar-refractivity contribution is 7.10. The van der Waals surface area contributed by atoms with Crippen LogP contribution in [0.25, 0.3) is 6.08 Å². The number of rotatable bonds is 2. The second kappa shape index (κ2) is 4.46. The number of anilines is 1. The van der Waals surface area contributed by atoms with E-state index in [9.17, 15) is 4.79 Å². The summed E-state index contributed by atoms with van der Waals surface area (Å²) in [7, 11) is 0. The van der Waals surface area contributed by atoms with Gasteiger partial charge in [-0.15, -0.1) is 11.3 Å². The summed E-state index contributed by atoms with van der Waals surface area (Å²) in [4.78, 5) is 15.5. The van der Waals surface area contributed by atoms with Gasteiger partial charge in [0.2, 0.25) is 5.91 Å². The molecule has 0 saturated carbocycles. The Morgan fingerprint density at radius 2 is 2.05 bits per heavy atom. The SMILES string of the molecule is CC1(C)c2ccccc2N2CC(=O)NC21/C=C/c1cccs1. The maximum absolute atomic E-state index is 12.1. The number of hydrogen-bond acceptors (Lipinski definition) is 3. The van der Waals surface area contributed by atoms with Crippen LogP contribution in [0.5, 0.6) is 0 Å². The molecule has 1 fully saturated rings. The fourth-order valence-electron chi connectivity index (χ4n) is 3.73. The maximum Gasteiger partial charge on any atom is 0.241 e. The highest BCUT2D eigenvalue weighted by Gasteiger charge is 2.59. The minimum Gasteiger partial charge on any atom is -0.335 e. The number of carbonyl (C=O) groups excluding carboxylic acids is 1. The molecule has 0 bridgehead atoms. The molecule has 1 amide bonds. The molecule has 1 saturated heterocycles. The number of para-hydroxylation sites is 1. The van der Waals surface area contributed by atoms with Gasteiger partial charge in [0.05, 0.1) is 6.54 Å². The second-order valence-corrected chi connectivity index (χ2v) is 7.37. The van der Waals surface area contributed by atoms with Crippen LogP contribution < -0.4 is 10.2 Å². The second-order valence-electron chi connectivity index (χ2n) is 6.39. The molecule has 2 aliphatic rings. The molecule has 0 spiro atoms. The Balaban J connectivity index is 1.87. The normalized spacial score (nSPS) is 25.4. The molecule has 3 heterocycles. The summed E-state index contributed by atoms with van der Waals surface area (Å²) in [5, 5.41) is 5.30. The lowest BCUT2D eigenvalue weighted by Gasteiger charge is -2.40. The molecule has 0 aliphatic carbocycles. The first-order valence-corrected chi connectivity index (χ1v) is 8.33. The van der Waals surface area contributed by atoms with Crippen molar-refractivity contribution in [3.05, 3.63) is 58.3 Å². The molecule has 1 aromatic carbocycles. The van der Waals surface area contributed by atoms with Crippen LogP contribution in [0.1, 0.15) is 24.3 Å². The van der Waals surface area contributed by atoms with E-state index in [0.29, 0.717) is 6.54 Å². The predicted molar refractivity (Wildman–Crippen MR) is 91.0 cm³/mol. The van der Waals surface area contributed by atoms with Crippen molar-refractivity contribution in [2.75, 3.05) is 11.4 Å². The highest BCUT2D eigenvalue weighted by atomic mass is 32.1. The van der Waals surface area contributed by atoms with E-state index in [0.717, 1.165) is 5.69 Å². The minimum atomic E-state index is -0.488. The van der Waals surface area contributed by atoms with Crippen molar-refractivity contribution < 1.29 is 4.79 Å². The zero-order valence-electron chi connectivity index (χ0n) is 12.7. The lowest BCUT2D eigenvalue weighted by molar-refractivity contribution is -0.118. The molecule has 4 rings (SSSR count). The van der Waals surface area contributed by atoms with Crippen LogP contribution in [-0.4, -0.2) is 18.1 Å². The molecule has 1 unspecified atom stereocenters. The molecular formula is C18H18N2OS. The molecule has 4 heteroatoms. The van der Waals surface area contributed by atoms with Crippen molar-refractivity contribution in [3.8, 4) is 0 Å². The van der Waals surface area contributed by atoms with Crippen molar-refractivity contribution in [2.24, 2.45) is 0 Å². The van der Waals surface area contributed by atoms with Gasteiger partial charge in [0.25, 0.3) is 0 Å². The third-order valence-electron chi connectivity index (χ3n) is 4.91. The summed E-state index contributed by atoms with van der Waals surface area (Å²) in [5.74, 6) is 0.0819. The van der Waals surface area contributed by atoms with Gasteiger partial charge in [-0.2, -0.15) is 0 Å². The van der Waals surface area contributed by atoms with Crippen molar-refractivity contribution in [1.29, 1.82) is 0 Å². The van der Waals surface area contributed by atoms with Crippen LogP contribution in [0.15, 0.2) is 47.9 Å². The predicted octanol–water partition coefficient (Wildman–Crippen LogP) is 3.39. The highest BCUT2D eigenvalue weighted by Crippen LogP contribution is 2.52. The Morgan fingerprint density at radius 3 is 2.82 bits per heavy atom. The number of amides is 1. The third kappa shape index (κ3) is 1.64. The van der Waals surface area contributed by atoms with Crippen LogP contribution in [-0.2, 0) is 10.2 Å². The van der Waals surface area contributed by atoms with Gasteiger partial charge in [0.15, 0.2) is 0 Å². The number of nitrogens with zero attached hydrogens (tertiary/aromatic N) is 1. The number of thiophene rings is 1. The van der Waals surface area contributed by atoms with E-state index < -0.39 is 5.66 Å². The molecule has 1 aromatic heterocycles. The van der Waals surface area contributed by atoms with Crippen LogP contribution in [0.4, 0.5) is 5.69 Å². The first-order chi connectivity index (χ1) is 10.5.